The molecule has 0 bridgehead atoms. The first kappa shape index (κ1) is 13.5. The third kappa shape index (κ3) is 3.01. The second-order valence-electron chi connectivity index (χ2n) is 4.53. The normalized spacial score (nSPS) is 10.6. The Bertz CT molecular complexity index is 771. The second kappa shape index (κ2) is 5.50. The van der Waals surface area contributed by atoms with Gasteiger partial charge in [-0.25, -0.2) is 14.4 Å². The number of nitrogen functional groups attached to an aromatic ring is 1. The van der Waals surface area contributed by atoms with E-state index in [0.717, 1.165) is 5.56 Å². The second-order valence-corrected chi connectivity index (χ2v) is 4.96. The third-order valence-electron chi connectivity index (χ3n) is 2.94. The van der Waals surface area contributed by atoms with Crippen molar-refractivity contribution in [2.45, 2.75) is 0 Å². The van der Waals surface area contributed by atoms with Gasteiger partial charge in [0, 0.05) is 22.2 Å². The molecule has 0 amide bonds. The fourth-order valence-electron chi connectivity index (χ4n) is 2.03. The lowest BCUT2D eigenvalue weighted by molar-refractivity contribution is 0.628. The van der Waals surface area contributed by atoms with Crippen LogP contribution in [-0.2, 0) is 0 Å². The van der Waals surface area contributed by atoms with Crippen molar-refractivity contribution in [3.8, 4) is 22.6 Å². The Balaban J connectivity index is 2.14. The largest absolute Gasteiger partial charge is 0.384 e. The number of aromatic nitrogens is 2. The van der Waals surface area contributed by atoms with Crippen LogP contribution in [0.15, 0.2) is 54.6 Å². The summed E-state index contributed by atoms with van der Waals surface area (Å²) in [6.07, 6.45) is 0. The van der Waals surface area contributed by atoms with E-state index >= 15 is 0 Å². The Labute approximate surface area is 126 Å². The van der Waals surface area contributed by atoms with E-state index in [1.807, 2.05) is 30.3 Å². The van der Waals surface area contributed by atoms with Crippen LogP contribution >= 0.6 is 11.6 Å². The maximum Gasteiger partial charge on any atom is 0.162 e. The van der Waals surface area contributed by atoms with Gasteiger partial charge in [0.15, 0.2) is 5.82 Å². The smallest absolute Gasteiger partial charge is 0.162 e. The van der Waals surface area contributed by atoms with E-state index in [1.54, 1.807) is 12.1 Å². The van der Waals surface area contributed by atoms with E-state index in [4.69, 9.17) is 17.3 Å². The minimum atomic E-state index is -0.420. The Morgan fingerprint density at radius 1 is 0.905 bits per heavy atom. The molecule has 0 unspecified atom stereocenters. The van der Waals surface area contributed by atoms with Crippen LogP contribution in [0.25, 0.3) is 22.6 Å². The molecule has 104 valence electrons. The molecule has 5 heteroatoms. The first-order valence-corrected chi connectivity index (χ1v) is 6.66. The highest BCUT2D eigenvalue weighted by molar-refractivity contribution is 6.30. The molecule has 3 rings (SSSR count). The molecule has 0 aliphatic rings. The maximum absolute atomic E-state index is 13.5. The van der Waals surface area contributed by atoms with Gasteiger partial charge < -0.3 is 5.73 Å². The number of nitrogens with zero attached hydrogens (tertiary/aromatic N) is 2. The average Bonchev–Trinajstić information content (AvgIpc) is 2.46. The number of nitrogens with two attached hydrogens (primary N) is 1. The van der Waals surface area contributed by atoms with E-state index in [2.05, 4.69) is 9.97 Å². The van der Waals surface area contributed by atoms with Crippen LogP contribution < -0.4 is 5.73 Å². The standard InChI is InChI=1S/C16H11ClFN3/c17-12-6-11(7-13(18)8-12)14-9-15(19)21-16(20-14)10-4-2-1-3-5-10/h1-9H,(H2,19,20,21). The van der Waals surface area contributed by atoms with Gasteiger partial charge in [0.25, 0.3) is 0 Å². The van der Waals surface area contributed by atoms with Crippen LogP contribution in [0.2, 0.25) is 5.02 Å². The molecule has 3 aromatic rings. The van der Waals surface area contributed by atoms with E-state index < -0.39 is 5.82 Å². The highest BCUT2D eigenvalue weighted by Gasteiger charge is 2.09. The molecular weight excluding hydrogens is 289 g/mol. The highest BCUT2D eigenvalue weighted by Crippen LogP contribution is 2.26. The summed E-state index contributed by atoms with van der Waals surface area (Å²) in [4.78, 5) is 8.65. The lowest BCUT2D eigenvalue weighted by atomic mass is 10.1. The third-order valence-corrected chi connectivity index (χ3v) is 3.15. The molecule has 2 aromatic carbocycles. The number of benzene rings is 2. The summed E-state index contributed by atoms with van der Waals surface area (Å²) < 4.78 is 13.5. The Morgan fingerprint density at radius 3 is 2.38 bits per heavy atom. The Kier molecular flexibility index (Phi) is 3.54. The van der Waals surface area contributed by atoms with Crippen LogP contribution in [0.3, 0.4) is 0 Å². The van der Waals surface area contributed by atoms with Gasteiger partial charge in [0.2, 0.25) is 0 Å². The van der Waals surface area contributed by atoms with Crippen LogP contribution in [0.4, 0.5) is 10.2 Å². The van der Waals surface area contributed by atoms with Crippen molar-refractivity contribution in [3.63, 3.8) is 0 Å². The summed E-state index contributed by atoms with van der Waals surface area (Å²) in [7, 11) is 0. The van der Waals surface area contributed by atoms with Gasteiger partial charge in [-0.3, -0.25) is 0 Å². The number of anilines is 1. The fourth-order valence-corrected chi connectivity index (χ4v) is 2.25. The number of hydrogen-bond donors (Lipinski definition) is 1. The first-order chi connectivity index (χ1) is 10.1. The molecule has 21 heavy (non-hydrogen) atoms. The summed E-state index contributed by atoms with van der Waals surface area (Å²) in [6, 6.07) is 15.3. The fraction of sp³-hybridized carbons (Fsp3) is 0. The molecule has 1 aromatic heterocycles. The van der Waals surface area contributed by atoms with Crippen LogP contribution in [-0.4, -0.2) is 9.97 Å². The topological polar surface area (TPSA) is 51.8 Å². The molecule has 1 heterocycles. The van der Waals surface area contributed by atoms with Crippen molar-refractivity contribution in [1.82, 2.24) is 9.97 Å². The first-order valence-electron chi connectivity index (χ1n) is 6.28. The molecule has 0 aliphatic heterocycles. The monoisotopic (exact) mass is 299 g/mol. The summed E-state index contributed by atoms with van der Waals surface area (Å²) in [5, 5.41) is 0.309. The minimum absolute atomic E-state index is 0.309. The molecule has 0 atom stereocenters. The van der Waals surface area contributed by atoms with E-state index in [0.29, 0.717) is 27.9 Å². The van der Waals surface area contributed by atoms with Gasteiger partial charge in [-0.2, -0.15) is 0 Å². The van der Waals surface area contributed by atoms with E-state index in [-0.39, 0.29) is 0 Å². The molecule has 0 aliphatic carbocycles. The Morgan fingerprint density at radius 2 is 1.67 bits per heavy atom. The zero-order valence-electron chi connectivity index (χ0n) is 10.9. The van der Waals surface area contributed by atoms with Crippen molar-refractivity contribution in [2.75, 3.05) is 5.73 Å². The molecule has 0 saturated carbocycles. The van der Waals surface area contributed by atoms with E-state index in [9.17, 15) is 4.39 Å². The maximum atomic E-state index is 13.5. The van der Waals surface area contributed by atoms with Gasteiger partial charge in [-0.05, 0) is 18.2 Å². The van der Waals surface area contributed by atoms with Gasteiger partial charge in [0.05, 0.1) is 5.69 Å². The number of halogens is 2. The quantitative estimate of drug-likeness (QED) is 0.772. The zero-order chi connectivity index (χ0) is 14.8. The van der Waals surface area contributed by atoms with Crippen molar-refractivity contribution in [2.24, 2.45) is 0 Å². The summed E-state index contributed by atoms with van der Waals surface area (Å²) in [5.41, 5.74) is 7.77. The minimum Gasteiger partial charge on any atom is -0.384 e. The van der Waals surface area contributed by atoms with Gasteiger partial charge in [0.1, 0.15) is 11.6 Å². The van der Waals surface area contributed by atoms with Crippen LogP contribution in [0.5, 0.6) is 0 Å². The number of rotatable bonds is 2. The lowest BCUT2D eigenvalue weighted by Gasteiger charge is -2.07. The highest BCUT2D eigenvalue weighted by atomic mass is 35.5. The molecule has 3 nitrogen and oxygen atoms in total. The Hall–Kier alpha value is -2.46. The van der Waals surface area contributed by atoms with Gasteiger partial charge in [-0.1, -0.05) is 41.9 Å². The molecule has 0 saturated heterocycles. The summed E-state index contributed by atoms with van der Waals surface area (Å²) >= 11 is 5.88. The van der Waals surface area contributed by atoms with E-state index in [1.165, 1.54) is 12.1 Å². The predicted molar refractivity (Wildman–Crippen MR) is 82.3 cm³/mol. The molecule has 0 fully saturated rings. The lowest BCUT2D eigenvalue weighted by Crippen LogP contribution is -1.98. The SMILES string of the molecule is Nc1cc(-c2cc(F)cc(Cl)c2)nc(-c2ccccc2)n1. The molecular formula is C16H11ClFN3. The summed E-state index contributed by atoms with van der Waals surface area (Å²) in [6.45, 7) is 0. The molecule has 2 N–H and O–H groups in total. The average molecular weight is 300 g/mol. The van der Waals surface area contributed by atoms with Gasteiger partial charge in [-0.15, -0.1) is 0 Å². The predicted octanol–water partition coefficient (Wildman–Crippen LogP) is 4.19. The van der Waals surface area contributed by atoms with Gasteiger partial charge >= 0.3 is 0 Å². The zero-order valence-corrected chi connectivity index (χ0v) is 11.7. The van der Waals surface area contributed by atoms with Crippen LogP contribution in [0.1, 0.15) is 0 Å². The molecule has 0 spiro atoms. The number of hydrogen-bond acceptors (Lipinski definition) is 3. The van der Waals surface area contributed by atoms with Crippen molar-refractivity contribution in [1.29, 1.82) is 0 Å². The van der Waals surface area contributed by atoms with Crippen molar-refractivity contribution < 1.29 is 4.39 Å². The molecule has 0 radical (unpaired) electrons. The van der Waals surface area contributed by atoms with Crippen LogP contribution in [0, 0.1) is 5.82 Å². The van der Waals surface area contributed by atoms with Crippen molar-refractivity contribution >= 4 is 17.4 Å². The van der Waals surface area contributed by atoms with Crippen molar-refractivity contribution in [3.05, 3.63) is 65.4 Å². The summed E-state index contributed by atoms with van der Waals surface area (Å²) in [5.74, 6) is 0.390.